The van der Waals surface area contributed by atoms with Crippen LogP contribution in [0.15, 0.2) is 46.8 Å². The first-order valence-electron chi connectivity index (χ1n) is 8.69. The molecule has 1 amide bonds. The van der Waals surface area contributed by atoms with E-state index >= 15 is 0 Å². The first kappa shape index (κ1) is 23.2. The van der Waals surface area contributed by atoms with Gasteiger partial charge >= 0.3 is 0 Å². The van der Waals surface area contributed by atoms with Gasteiger partial charge in [0.2, 0.25) is 0 Å². The summed E-state index contributed by atoms with van der Waals surface area (Å²) in [6, 6.07) is 11.6. The van der Waals surface area contributed by atoms with Crippen LogP contribution in [0.3, 0.4) is 0 Å². The summed E-state index contributed by atoms with van der Waals surface area (Å²) in [6.07, 6.45) is 0.820. The van der Waals surface area contributed by atoms with E-state index in [1.807, 2.05) is 48.7 Å². The molecule has 0 fully saturated rings. The molecule has 1 aromatic heterocycles. The number of aliphatic imine (C=N–C) groups is 1. The largest absolute Gasteiger partial charge is 0.497 e. The Labute approximate surface area is 181 Å². The van der Waals surface area contributed by atoms with Gasteiger partial charge in [-0.2, -0.15) is 0 Å². The number of benzene rings is 1. The van der Waals surface area contributed by atoms with Crippen molar-refractivity contribution >= 4 is 47.2 Å². The molecule has 0 saturated carbocycles. The summed E-state index contributed by atoms with van der Waals surface area (Å²) in [7, 11) is 1.66. The Morgan fingerprint density at radius 2 is 1.96 bits per heavy atom. The van der Waals surface area contributed by atoms with E-state index in [4.69, 9.17) is 4.74 Å². The molecule has 2 aromatic rings. The molecular weight excluding hydrogens is 475 g/mol. The summed E-state index contributed by atoms with van der Waals surface area (Å²) in [5, 5.41) is 11.3. The Morgan fingerprint density at radius 3 is 2.67 bits per heavy atom. The third-order valence-electron chi connectivity index (χ3n) is 3.57. The lowest BCUT2D eigenvalue weighted by molar-refractivity contribution is 0.0957. The first-order valence-corrected chi connectivity index (χ1v) is 9.57. The van der Waals surface area contributed by atoms with Crippen LogP contribution in [0.2, 0.25) is 0 Å². The zero-order valence-corrected chi connectivity index (χ0v) is 18.8. The highest BCUT2D eigenvalue weighted by molar-refractivity contribution is 14.0. The summed E-state index contributed by atoms with van der Waals surface area (Å²) in [5.41, 5.74) is 1.09. The molecular formula is C19H27IN4O2S. The molecule has 0 atom stereocenters. The SMILES string of the molecule is CCNC(=NCc1cccc(OC)c1)NCCCNC(=O)c1cccs1.I. The van der Waals surface area contributed by atoms with E-state index in [-0.39, 0.29) is 29.9 Å². The minimum Gasteiger partial charge on any atom is -0.497 e. The molecule has 148 valence electrons. The van der Waals surface area contributed by atoms with Gasteiger partial charge in [-0.05, 0) is 42.5 Å². The molecule has 27 heavy (non-hydrogen) atoms. The van der Waals surface area contributed by atoms with E-state index in [1.165, 1.54) is 11.3 Å². The van der Waals surface area contributed by atoms with Gasteiger partial charge in [0, 0.05) is 19.6 Å². The van der Waals surface area contributed by atoms with Crippen molar-refractivity contribution in [2.24, 2.45) is 4.99 Å². The minimum absolute atomic E-state index is 0. The molecule has 2 rings (SSSR count). The fourth-order valence-electron chi connectivity index (χ4n) is 2.27. The molecule has 0 aliphatic rings. The molecule has 3 N–H and O–H groups in total. The van der Waals surface area contributed by atoms with Crippen molar-refractivity contribution in [1.29, 1.82) is 0 Å². The number of nitrogens with one attached hydrogen (secondary N) is 3. The number of guanidine groups is 1. The van der Waals surface area contributed by atoms with Crippen molar-refractivity contribution in [1.82, 2.24) is 16.0 Å². The number of methoxy groups -OCH3 is 1. The van der Waals surface area contributed by atoms with Gasteiger partial charge < -0.3 is 20.7 Å². The Kier molecular flexibility index (Phi) is 11.5. The lowest BCUT2D eigenvalue weighted by Gasteiger charge is -2.11. The first-order chi connectivity index (χ1) is 12.7. The third-order valence-corrected chi connectivity index (χ3v) is 4.44. The van der Waals surface area contributed by atoms with Gasteiger partial charge in [-0.3, -0.25) is 4.79 Å². The molecule has 0 aliphatic heterocycles. The lowest BCUT2D eigenvalue weighted by atomic mass is 10.2. The fourth-order valence-corrected chi connectivity index (χ4v) is 2.91. The van der Waals surface area contributed by atoms with E-state index in [0.717, 1.165) is 41.7 Å². The van der Waals surface area contributed by atoms with E-state index in [1.54, 1.807) is 7.11 Å². The number of amides is 1. The molecule has 0 saturated heterocycles. The predicted octanol–water partition coefficient (Wildman–Crippen LogP) is 3.25. The molecule has 0 aliphatic carbocycles. The van der Waals surface area contributed by atoms with Crippen molar-refractivity contribution in [2.45, 2.75) is 19.9 Å². The number of hydrogen-bond acceptors (Lipinski definition) is 4. The molecule has 0 radical (unpaired) electrons. The van der Waals surface area contributed by atoms with Gasteiger partial charge in [0.25, 0.3) is 5.91 Å². The van der Waals surface area contributed by atoms with E-state index in [9.17, 15) is 4.79 Å². The van der Waals surface area contributed by atoms with Gasteiger partial charge in [-0.15, -0.1) is 35.3 Å². The number of halogens is 1. The number of thiophene rings is 1. The average molecular weight is 502 g/mol. The van der Waals surface area contributed by atoms with Crippen LogP contribution in [0.5, 0.6) is 5.75 Å². The maximum atomic E-state index is 11.8. The maximum Gasteiger partial charge on any atom is 0.261 e. The van der Waals surface area contributed by atoms with Crippen LogP contribution in [0.4, 0.5) is 0 Å². The third kappa shape index (κ3) is 8.61. The number of nitrogens with zero attached hydrogens (tertiary/aromatic N) is 1. The van der Waals surface area contributed by atoms with Gasteiger partial charge in [0.05, 0.1) is 18.5 Å². The second kappa shape index (κ2) is 13.4. The number of rotatable bonds is 9. The topological polar surface area (TPSA) is 74.8 Å². The van der Waals surface area contributed by atoms with Gasteiger partial charge in [-0.1, -0.05) is 18.2 Å². The van der Waals surface area contributed by atoms with Crippen LogP contribution < -0.4 is 20.7 Å². The number of ether oxygens (including phenoxy) is 1. The standard InChI is InChI=1S/C19H26N4O2S.HI/c1-3-20-19(23-14-15-7-4-8-16(13-15)25-2)22-11-6-10-21-18(24)17-9-5-12-26-17;/h4-5,7-9,12-13H,3,6,10-11,14H2,1-2H3,(H,21,24)(H2,20,22,23);1H. The van der Waals surface area contributed by atoms with Crippen molar-refractivity contribution in [2.75, 3.05) is 26.7 Å². The molecule has 0 bridgehead atoms. The fraction of sp³-hybridized carbons (Fsp3) is 0.368. The summed E-state index contributed by atoms with van der Waals surface area (Å²) >= 11 is 1.45. The van der Waals surface area contributed by atoms with Gasteiger partial charge in [0.15, 0.2) is 5.96 Å². The van der Waals surface area contributed by atoms with E-state index in [2.05, 4.69) is 20.9 Å². The number of hydrogen-bond donors (Lipinski definition) is 3. The lowest BCUT2D eigenvalue weighted by Crippen LogP contribution is -2.38. The van der Waals surface area contributed by atoms with Crippen LogP contribution in [-0.2, 0) is 6.54 Å². The Bertz CT molecular complexity index is 707. The van der Waals surface area contributed by atoms with Gasteiger partial charge in [-0.25, -0.2) is 4.99 Å². The summed E-state index contributed by atoms with van der Waals surface area (Å²) in [4.78, 5) is 17.2. The average Bonchev–Trinajstić information content (AvgIpc) is 3.20. The zero-order chi connectivity index (χ0) is 18.6. The van der Waals surface area contributed by atoms with Crippen molar-refractivity contribution in [3.05, 3.63) is 52.2 Å². The second-order valence-corrected chi connectivity index (χ2v) is 6.51. The number of carbonyl (C=O) groups excluding carboxylic acids is 1. The highest BCUT2D eigenvalue weighted by Crippen LogP contribution is 2.13. The van der Waals surface area contributed by atoms with Crippen LogP contribution in [0.1, 0.15) is 28.6 Å². The van der Waals surface area contributed by atoms with Crippen molar-refractivity contribution in [3.63, 3.8) is 0 Å². The smallest absolute Gasteiger partial charge is 0.261 e. The zero-order valence-electron chi connectivity index (χ0n) is 15.7. The molecule has 6 nitrogen and oxygen atoms in total. The monoisotopic (exact) mass is 502 g/mol. The summed E-state index contributed by atoms with van der Waals surface area (Å²) in [6.45, 7) is 4.75. The maximum absolute atomic E-state index is 11.8. The Balaban J connectivity index is 0.00000364. The molecule has 0 spiro atoms. The minimum atomic E-state index is -0.0152. The quantitative estimate of drug-likeness (QED) is 0.213. The molecule has 8 heteroatoms. The van der Waals surface area contributed by atoms with Crippen LogP contribution in [0.25, 0.3) is 0 Å². The predicted molar refractivity (Wildman–Crippen MR) is 122 cm³/mol. The van der Waals surface area contributed by atoms with Crippen LogP contribution in [-0.4, -0.2) is 38.6 Å². The van der Waals surface area contributed by atoms with Crippen molar-refractivity contribution in [3.8, 4) is 5.75 Å². The van der Waals surface area contributed by atoms with E-state index < -0.39 is 0 Å². The Morgan fingerprint density at radius 1 is 1.15 bits per heavy atom. The van der Waals surface area contributed by atoms with Crippen LogP contribution in [0, 0.1) is 0 Å². The highest BCUT2D eigenvalue weighted by atomic mass is 127. The van der Waals surface area contributed by atoms with Gasteiger partial charge in [0.1, 0.15) is 5.75 Å². The van der Waals surface area contributed by atoms with Crippen LogP contribution >= 0.6 is 35.3 Å². The summed E-state index contributed by atoms with van der Waals surface area (Å²) < 4.78 is 5.23. The van der Waals surface area contributed by atoms with Crippen molar-refractivity contribution < 1.29 is 9.53 Å². The summed E-state index contributed by atoms with van der Waals surface area (Å²) in [5.74, 6) is 1.58. The second-order valence-electron chi connectivity index (χ2n) is 5.56. The highest BCUT2D eigenvalue weighted by Gasteiger charge is 2.05. The normalized spacial score (nSPS) is 10.7. The number of carbonyl (C=O) groups is 1. The molecule has 1 heterocycles. The molecule has 0 unspecified atom stereocenters. The Hall–Kier alpha value is -1.81. The molecule has 1 aromatic carbocycles. The van der Waals surface area contributed by atoms with E-state index in [0.29, 0.717) is 13.1 Å².